The summed E-state index contributed by atoms with van der Waals surface area (Å²) in [6, 6.07) is 16.2. The maximum Gasteiger partial charge on any atom is 0.411 e. The van der Waals surface area contributed by atoms with Crippen molar-refractivity contribution in [2.45, 2.75) is 50.9 Å². The van der Waals surface area contributed by atoms with Crippen molar-refractivity contribution in [1.29, 1.82) is 0 Å². The first-order valence-electron chi connectivity index (χ1n) is 9.77. The summed E-state index contributed by atoms with van der Waals surface area (Å²) in [6.07, 6.45) is 1.19. The van der Waals surface area contributed by atoms with Gasteiger partial charge in [-0.1, -0.05) is 52.3 Å². The number of cyclic esters (lactones) is 1. The Bertz CT molecular complexity index is 881. The number of carbonyl (C=O) groups is 1. The fraction of sp³-hybridized carbons (Fsp3) is 0.435. The third-order valence-corrected chi connectivity index (χ3v) is 6.51. The molecular formula is C23H26BrNO3. The second-order valence-corrected chi connectivity index (χ2v) is 9.18. The second kappa shape index (κ2) is 7.20. The first-order valence-corrected chi connectivity index (χ1v) is 10.6. The molecule has 0 N–H and O–H groups in total. The van der Waals surface area contributed by atoms with Crippen LogP contribution in [0.25, 0.3) is 0 Å². The molecule has 0 aromatic heterocycles. The molecule has 0 saturated carbocycles. The fourth-order valence-electron chi connectivity index (χ4n) is 4.30. The van der Waals surface area contributed by atoms with Crippen molar-refractivity contribution in [3.63, 3.8) is 0 Å². The standard InChI is InChI=1S/C23H26BrNO3/c1-16-13-19(24)9-10-20(16)17(2)25-12-11-23(28-21(25)26,14-22(3)15-27-22)18-7-5-4-6-8-18/h4-10,13,17H,11-12,14-15H2,1-3H3/t17?,22-,23-/m0/s1. The van der Waals surface area contributed by atoms with Crippen molar-refractivity contribution >= 4 is 22.0 Å². The predicted octanol–water partition coefficient (Wildman–Crippen LogP) is 5.74. The average molecular weight is 444 g/mol. The lowest BCUT2D eigenvalue weighted by atomic mass is 9.81. The van der Waals surface area contributed by atoms with Crippen LogP contribution in [0.2, 0.25) is 0 Å². The highest BCUT2D eigenvalue weighted by Gasteiger charge is 2.52. The number of halogens is 1. The minimum atomic E-state index is -0.630. The number of aryl methyl sites for hydroxylation is 1. The predicted molar refractivity (Wildman–Crippen MR) is 112 cm³/mol. The van der Waals surface area contributed by atoms with E-state index in [2.05, 4.69) is 61.0 Å². The van der Waals surface area contributed by atoms with Gasteiger partial charge in [-0.05, 0) is 49.6 Å². The van der Waals surface area contributed by atoms with E-state index in [4.69, 9.17) is 9.47 Å². The van der Waals surface area contributed by atoms with E-state index < -0.39 is 5.60 Å². The molecule has 2 aromatic carbocycles. The van der Waals surface area contributed by atoms with Gasteiger partial charge in [-0.25, -0.2) is 4.79 Å². The molecule has 1 amide bonds. The summed E-state index contributed by atoms with van der Waals surface area (Å²) in [5, 5.41) is 0. The van der Waals surface area contributed by atoms with E-state index in [1.165, 1.54) is 0 Å². The Morgan fingerprint density at radius 3 is 2.54 bits per heavy atom. The van der Waals surface area contributed by atoms with E-state index in [-0.39, 0.29) is 17.7 Å². The highest BCUT2D eigenvalue weighted by Crippen LogP contribution is 2.46. The van der Waals surface area contributed by atoms with Gasteiger partial charge in [0.15, 0.2) is 0 Å². The van der Waals surface area contributed by atoms with E-state index in [1.807, 2.05) is 29.2 Å². The van der Waals surface area contributed by atoms with E-state index >= 15 is 0 Å². The van der Waals surface area contributed by atoms with Gasteiger partial charge in [-0.15, -0.1) is 0 Å². The number of carbonyl (C=O) groups excluding carboxylic acids is 1. The number of hydrogen-bond acceptors (Lipinski definition) is 3. The van der Waals surface area contributed by atoms with Gasteiger partial charge in [0.05, 0.1) is 18.2 Å². The third-order valence-electron chi connectivity index (χ3n) is 6.02. The molecule has 28 heavy (non-hydrogen) atoms. The van der Waals surface area contributed by atoms with Crippen LogP contribution in [0.3, 0.4) is 0 Å². The zero-order valence-corrected chi connectivity index (χ0v) is 18.2. The molecule has 4 rings (SSSR count). The van der Waals surface area contributed by atoms with Gasteiger partial charge < -0.3 is 14.4 Å². The van der Waals surface area contributed by atoms with Crippen molar-refractivity contribution in [3.8, 4) is 0 Å². The number of benzene rings is 2. The van der Waals surface area contributed by atoms with Crippen LogP contribution >= 0.6 is 15.9 Å². The number of amides is 1. The molecule has 2 heterocycles. The van der Waals surface area contributed by atoms with Gasteiger partial charge >= 0.3 is 6.09 Å². The molecule has 2 aliphatic heterocycles. The third kappa shape index (κ3) is 3.70. The molecule has 0 spiro atoms. The molecule has 0 bridgehead atoms. The van der Waals surface area contributed by atoms with Crippen molar-refractivity contribution < 1.29 is 14.3 Å². The molecule has 5 heteroatoms. The lowest BCUT2D eigenvalue weighted by molar-refractivity contribution is -0.0751. The largest absolute Gasteiger partial charge is 0.438 e. The number of hydrogen-bond donors (Lipinski definition) is 0. The number of ether oxygens (including phenoxy) is 2. The van der Waals surface area contributed by atoms with Crippen LogP contribution in [0, 0.1) is 6.92 Å². The summed E-state index contributed by atoms with van der Waals surface area (Å²) in [5.74, 6) is 0. The molecule has 2 aliphatic rings. The van der Waals surface area contributed by atoms with Crippen LogP contribution in [0.4, 0.5) is 4.79 Å². The minimum absolute atomic E-state index is 0.0397. The van der Waals surface area contributed by atoms with Crippen LogP contribution in [0.5, 0.6) is 0 Å². The molecule has 1 unspecified atom stereocenters. The summed E-state index contributed by atoms with van der Waals surface area (Å²) in [5.41, 5.74) is 2.52. The number of nitrogens with zero attached hydrogens (tertiary/aromatic N) is 1. The Kier molecular flexibility index (Phi) is 5.00. The lowest BCUT2D eigenvalue weighted by Gasteiger charge is -2.44. The SMILES string of the molecule is Cc1cc(Br)ccc1C(C)N1CC[C@](C[C@@]2(C)CO2)(c2ccccc2)OC1=O. The molecule has 0 radical (unpaired) electrons. The van der Waals surface area contributed by atoms with E-state index in [1.54, 1.807) is 0 Å². The van der Waals surface area contributed by atoms with Gasteiger partial charge in [0.2, 0.25) is 0 Å². The molecule has 4 nitrogen and oxygen atoms in total. The van der Waals surface area contributed by atoms with E-state index in [0.717, 1.165) is 34.2 Å². The maximum atomic E-state index is 13.1. The Labute approximate surface area is 175 Å². The molecule has 3 atom stereocenters. The van der Waals surface area contributed by atoms with E-state index in [0.29, 0.717) is 13.0 Å². The number of epoxide rings is 1. The Morgan fingerprint density at radius 1 is 1.21 bits per heavy atom. The quantitative estimate of drug-likeness (QED) is 0.553. The Balaban J connectivity index is 1.59. The number of rotatable bonds is 5. The summed E-state index contributed by atoms with van der Waals surface area (Å²) < 4.78 is 12.9. The Hall–Kier alpha value is -1.85. The molecule has 0 aliphatic carbocycles. The van der Waals surface area contributed by atoms with Crippen LogP contribution < -0.4 is 0 Å². The summed E-state index contributed by atoms with van der Waals surface area (Å²) in [7, 11) is 0. The summed E-state index contributed by atoms with van der Waals surface area (Å²) >= 11 is 3.51. The van der Waals surface area contributed by atoms with Crippen LogP contribution in [0.15, 0.2) is 53.0 Å². The molecular weight excluding hydrogens is 418 g/mol. The lowest BCUT2D eigenvalue weighted by Crippen LogP contribution is -2.50. The fourth-order valence-corrected chi connectivity index (χ4v) is 4.77. The van der Waals surface area contributed by atoms with Gasteiger partial charge in [0, 0.05) is 23.9 Å². The second-order valence-electron chi connectivity index (χ2n) is 8.26. The van der Waals surface area contributed by atoms with Crippen LogP contribution in [0.1, 0.15) is 49.4 Å². The maximum absolute atomic E-state index is 13.1. The average Bonchev–Trinajstić information content (AvgIpc) is 3.38. The van der Waals surface area contributed by atoms with Crippen LogP contribution in [-0.4, -0.2) is 29.7 Å². The first kappa shape index (κ1) is 19.5. The zero-order valence-electron chi connectivity index (χ0n) is 16.6. The van der Waals surface area contributed by atoms with Gasteiger partial charge in [-0.3, -0.25) is 0 Å². The summed E-state index contributed by atoms with van der Waals surface area (Å²) in [4.78, 5) is 15.0. The zero-order chi connectivity index (χ0) is 19.9. The van der Waals surface area contributed by atoms with Crippen molar-refractivity contribution in [1.82, 2.24) is 4.90 Å². The van der Waals surface area contributed by atoms with Gasteiger partial charge in [-0.2, -0.15) is 0 Å². The molecule has 2 fully saturated rings. The molecule has 2 aromatic rings. The smallest absolute Gasteiger partial charge is 0.411 e. The van der Waals surface area contributed by atoms with Crippen LogP contribution in [-0.2, 0) is 15.1 Å². The highest BCUT2D eigenvalue weighted by atomic mass is 79.9. The topological polar surface area (TPSA) is 42.1 Å². The van der Waals surface area contributed by atoms with Gasteiger partial charge in [0.25, 0.3) is 0 Å². The minimum Gasteiger partial charge on any atom is -0.438 e. The van der Waals surface area contributed by atoms with Crippen molar-refractivity contribution in [2.24, 2.45) is 0 Å². The van der Waals surface area contributed by atoms with E-state index in [9.17, 15) is 4.79 Å². The van der Waals surface area contributed by atoms with Gasteiger partial charge in [0.1, 0.15) is 5.60 Å². The highest BCUT2D eigenvalue weighted by molar-refractivity contribution is 9.10. The normalized spacial score (nSPS) is 28.0. The van der Waals surface area contributed by atoms with Crippen molar-refractivity contribution in [3.05, 3.63) is 69.7 Å². The first-order chi connectivity index (χ1) is 13.3. The van der Waals surface area contributed by atoms with Crippen molar-refractivity contribution in [2.75, 3.05) is 13.2 Å². The summed E-state index contributed by atoms with van der Waals surface area (Å²) in [6.45, 7) is 7.60. The molecule has 2 saturated heterocycles. The molecule has 148 valence electrons. The Morgan fingerprint density at radius 2 is 1.93 bits per heavy atom. The monoisotopic (exact) mass is 443 g/mol.